The van der Waals surface area contributed by atoms with Gasteiger partial charge >= 0.3 is 0 Å². The Morgan fingerprint density at radius 3 is 2.52 bits per heavy atom. The monoisotopic (exact) mass is 372 g/mol. The first-order chi connectivity index (χ1) is 11.7. The number of hydrogen-bond acceptors (Lipinski definition) is 5. The van der Waals surface area contributed by atoms with Crippen LogP contribution in [0.4, 0.5) is 0 Å². The molecule has 3 rings (SSSR count). The topological polar surface area (TPSA) is 98.8 Å². The van der Waals surface area contributed by atoms with Crippen LogP contribution < -0.4 is 10.0 Å². The molecule has 0 bridgehead atoms. The first-order valence-corrected chi connectivity index (χ1v) is 10.9. The van der Waals surface area contributed by atoms with Gasteiger partial charge in [-0.3, -0.25) is 14.5 Å². The number of fused-ring (bicyclic) bond motifs is 1. The SMILES string of the molecule is CC(C)N1C[C@@H]2C[C@H](NS(C)(=O)=O)CN2C(=O)[C@@H]1CNC(=O)C1CC1. The van der Waals surface area contributed by atoms with Crippen LogP contribution in [-0.4, -0.2) is 80.1 Å². The number of carbonyl (C=O) groups is 2. The van der Waals surface area contributed by atoms with Crippen molar-refractivity contribution in [3.05, 3.63) is 0 Å². The van der Waals surface area contributed by atoms with Gasteiger partial charge in [0.1, 0.15) is 6.04 Å². The zero-order chi connectivity index (χ0) is 18.4. The van der Waals surface area contributed by atoms with Crippen LogP contribution in [0.5, 0.6) is 0 Å². The summed E-state index contributed by atoms with van der Waals surface area (Å²) in [5.41, 5.74) is 0. The summed E-state index contributed by atoms with van der Waals surface area (Å²) in [6.07, 6.45) is 3.64. The Kier molecular flexibility index (Phi) is 5.09. The van der Waals surface area contributed by atoms with Crippen LogP contribution in [0.3, 0.4) is 0 Å². The Hall–Kier alpha value is -1.19. The molecular weight excluding hydrogens is 344 g/mol. The van der Waals surface area contributed by atoms with Gasteiger partial charge in [0.05, 0.1) is 6.26 Å². The minimum Gasteiger partial charge on any atom is -0.354 e. The van der Waals surface area contributed by atoms with Gasteiger partial charge in [-0.05, 0) is 33.1 Å². The molecule has 1 aliphatic carbocycles. The van der Waals surface area contributed by atoms with Crippen molar-refractivity contribution in [2.75, 3.05) is 25.9 Å². The lowest BCUT2D eigenvalue weighted by molar-refractivity contribution is -0.145. The smallest absolute Gasteiger partial charge is 0.242 e. The van der Waals surface area contributed by atoms with E-state index in [1.54, 1.807) is 4.90 Å². The Morgan fingerprint density at radius 1 is 1.28 bits per heavy atom. The molecule has 2 N–H and O–H groups in total. The maximum absolute atomic E-state index is 13.0. The van der Waals surface area contributed by atoms with Gasteiger partial charge in [0, 0.05) is 43.7 Å². The molecule has 0 spiro atoms. The average Bonchev–Trinajstić information content (AvgIpc) is 3.26. The number of nitrogens with one attached hydrogen (secondary N) is 2. The van der Waals surface area contributed by atoms with E-state index in [1.807, 2.05) is 13.8 Å². The fourth-order valence-electron chi connectivity index (χ4n) is 3.91. The Bertz CT molecular complexity index is 647. The predicted molar refractivity (Wildman–Crippen MR) is 93.2 cm³/mol. The summed E-state index contributed by atoms with van der Waals surface area (Å²) >= 11 is 0. The van der Waals surface area contributed by atoms with E-state index in [-0.39, 0.29) is 41.9 Å². The standard InChI is InChI=1S/C16H28N4O4S/c1-10(2)19-9-13-6-12(18-25(3,23)24)8-20(13)16(22)14(19)7-17-15(21)11-4-5-11/h10-14,18H,4-9H2,1-3H3,(H,17,21)/t12-,13-,14-/m0/s1. The number of piperazine rings is 1. The van der Waals surface area contributed by atoms with Crippen molar-refractivity contribution in [2.24, 2.45) is 5.92 Å². The van der Waals surface area contributed by atoms with Crippen molar-refractivity contribution >= 4 is 21.8 Å². The molecule has 9 heteroatoms. The molecule has 1 saturated carbocycles. The van der Waals surface area contributed by atoms with Gasteiger partial charge in [0.15, 0.2) is 0 Å². The van der Waals surface area contributed by atoms with E-state index in [0.717, 1.165) is 19.1 Å². The normalized spacial score (nSPS) is 30.6. The largest absolute Gasteiger partial charge is 0.354 e. The number of hydrogen-bond donors (Lipinski definition) is 2. The van der Waals surface area contributed by atoms with Gasteiger partial charge in [-0.1, -0.05) is 0 Å². The fourth-order valence-corrected chi connectivity index (χ4v) is 4.69. The molecule has 0 aromatic rings. The molecule has 3 fully saturated rings. The summed E-state index contributed by atoms with van der Waals surface area (Å²) in [6.45, 7) is 5.50. The molecule has 2 amide bonds. The molecule has 0 aromatic heterocycles. The molecule has 0 aromatic carbocycles. The van der Waals surface area contributed by atoms with Crippen LogP contribution >= 0.6 is 0 Å². The van der Waals surface area contributed by atoms with Crippen LogP contribution in [0.2, 0.25) is 0 Å². The molecular formula is C16H28N4O4S. The predicted octanol–water partition coefficient (Wildman–Crippen LogP) is -0.876. The molecule has 2 heterocycles. The highest BCUT2D eigenvalue weighted by molar-refractivity contribution is 7.88. The van der Waals surface area contributed by atoms with Crippen molar-refractivity contribution in [1.29, 1.82) is 0 Å². The van der Waals surface area contributed by atoms with Crippen LogP contribution in [0, 0.1) is 5.92 Å². The van der Waals surface area contributed by atoms with E-state index < -0.39 is 10.0 Å². The number of rotatable bonds is 6. The molecule has 3 atom stereocenters. The summed E-state index contributed by atoms with van der Waals surface area (Å²) in [4.78, 5) is 28.8. The number of carbonyl (C=O) groups excluding carboxylic acids is 2. The zero-order valence-corrected chi connectivity index (χ0v) is 15.9. The van der Waals surface area contributed by atoms with Gasteiger partial charge in [0.25, 0.3) is 0 Å². The van der Waals surface area contributed by atoms with Crippen molar-refractivity contribution in [1.82, 2.24) is 19.8 Å². The minimum atomic E-state index is -3.29. The highest BCUT2D eigenvalue weighted by Crippen LogP contribution is 2.30. The second-order valence-electron chi connectivity index (χ2n) is 7.79. The Balaban J connectivity index is 1.68. The number of nitrogens with zero attached hydrogens (tertiary/aromatic N) is 2. The number of amides is 2. The van der Waals surface area contributed by atoms with Crippen molar-refractivity contribution in [3.8, 4) is 0 Å². The van der Waals surface area contributed by atoms with E-state index in [9.17, 15) is 18.0 Å². The molecule has 142 valence electrons. The average molecular weight is 372 g/mol. The third-order valence-electron chi connectivity index (χ3n) is 5.27. The Morgan fingerprint density at radius 2 is 1.96 bits per heavy atom. The van der Waals surface area contributed by atoms with Gasteiger partial charge in [0.2, 0.25) is 21.8 Å². The summed E-state index contributed by atoms with van der Waals surface area (Å²) in [5, 5.41) is 2.92. The highest BCUT2D eigenvalue weighted by Gasteiger charge is 2.46. The molecule has 8 nitrogen and oxygen atoms in total. The minimum absolute atomic E-state index is 0.0150. The lowest BCUT2D eigenvalue weighted by atomic mass is 10.0. The molecule has 0 unspecified atom stereocenters. The van der Waals surface area contributed by atoms with Crippen LogP contribution in [0.15, 0.2) is 0 Å². The molecule has 0 radical (unpaired) electrons. The molecule has 2 saturated heterocycles. The number of sulfonamides is 1. The second-order valence-corrected chi connectivity index (χ2v) is 9.57. The lowest BCUT2D eigenvalue weighted by Crippen LogP contribution is -2.64. The summed E-state index contributed by atoms with van der Waals surface area (Å²) in [5.74, 6) is 0.143. The maximum Gasteiger partial charge on any atom is 0.242 e. The molecule has 3 aliphatic rings. The van der Waals surface area contributed by atoms with Gasteiger partial charge in [-0.2, -0.15) is 0 Å². The third-order valence-corrected chi connectivity index (χ3v) is 6.03. The quantitative estimate of drug-likeness (QED) is 0.631. The second kappa shape index (κ2) is 6.85. The summed E-state index contributed by atoms with van der Waals surface area (Å²) in [6, 6.07) is -0.422. The van der Waals surface area contributed by atoms with Crippen LogP contribution in [0.25, 0.3) is 0 Å². The molecule has 25 heavy (non-hydrogen) atoms. The van der Waals surface area contributed by atoms with Gasteiger partial charge in [-0.15, -0.1) is 0 Å². The fraction of sp³-hybridized carbons (Fsp3) is 0.875. The third kappa shape index (κ3) is 4.32. The summed E-state index contributed by atoms with van der Waals surface area (Å²) in [7, 11) is -3.29. The highest BCUT2D eigenvalue weighted by atomic mass is 32.2. The van der Waals surface area contributed by atoms with E-state index >= 15 is 0 Å². The van der Waals surface area contributed by atoms with Gasteiger partial charge in [-0.25, -0.2) is 13.1 Å². The van der Waals surface area contributed by atoms with Crippen molar-refractivity contribution in [3.63, 3.8) is 0 Å². The van der Waals surface area contributed by atoms with Crippen LogP contribution in [0.1, 0.15) is 33.1 Å². The van der Waals surface area contributed by atoms with E-state index in [1.165, 1.54) is 0 Å². The first kappa shape index (κ1) is 18.6. The molecule has 2 aliphatic heterocycles. The first-order valence-electron chi connectivity index (χ1n) is 8.97. The zero-order valence-electron chi connectivity index (χ0n) is 15.1. The van der Waals surface area contributed by atoms with E-state index in [2.05, 4.69) is 14.9 Å². The van der Waals surface area contributed by atoms with E-state index in [0.29, 0.717) is 26.1 Å². The maximum atomic E-state index is 13.0. The van der Waals surface area contributed by atoms with Gasteiger partial charge < -0.3 is 10.2 Å². The summed E-state index contributed by atoms with van der Waals surface area (Å²) < 4.78 is 25.6. The lowest BCUT2D eigenvalue weighted by Gasteiger charge is -2.44. The van der Waals surface area contributed by atoms with Crippen molar-refractivity contribution < 1.29 is 18.0 Å². The van der Waals surface area contributed by atoms with Crippen LogP contribution in [-0.2, 0) is 19.6 Å². The van der Waals surface area contributed by atoms with E-state index in [4.69, 9.17) is 0 Å². The van der Waals surface area contributed by atoms with Crippen molar-refractivity contribution in [2.45, 2.75) is 57.3 Å². The Labute approximate surface area is 149 Å².